The lowest BCUT2D eigenvalue weighted by atomic mass is 9.97. The van der Waals surface area contributed by atoms with E-state index < -0.39 is 0 Å². The predicted octanol–water partition coefficient (Wildman–Crippen LogP) is 3.28. The number of carbonyl (C=O) groups is 1. The molecule has 1 aliphatic heterocycles. The van der Waals surface area contributed by atoms with Gasteiger partial charge in [-0.05, 0) is 43.2 Å². The second-order valence-electron chi connectivity index (χ2n) is 6.47. The molecule has 3 aromatic rings. The van der Waals surface area contributed by atoms with E-state index >= 15 is 0 Å². The molecule has 1 aliphatic rings. The third-order valence-electron chi connectivity index (χ3n) is 4.61. The minimum atomic E-state index is -0.0782. The summed E-state index contributed by atoms with van der Waals surface area (Å²) in [5.74, 6) is 1.50. The van der Waals surface area contributed by atoms with Gasteiger partial charge in [-0.1, -0.05) is 15.9 Å². The molecule has 0 aliphatic carbocycles. The van der Waals surface area contributed by atoms with Crippen molar-refractivity contribution >= 4 is 33.3 Å². The van der Waals surface area contributed by atoms with E-state index in [9.17, 15) is 4.79 Å². The molecule has 4 rings (SSSR count). The van der Waals surface area contributed by atoms with Gasteiger partial charge in [0.15, 0.2) is 5.82 Å². The fourth-order valence-electron chi connectivity index (χ4n) is 3.22. The number of aromatic nitrogens is 4. The minimum absolute atomic E-state index is 0.0448. The largest absolute Gasteiger partial charge is 0.356 e. The molecule has 1 atom stereocenters. The third-order valence-corrected chi connectivity index (χ3v) is 5.13. The number of anilines is 2. The van der Waals surface area contributed by atoms with Gasteiger partial charge in [0.1, 0.15) is 12.1 Å². The Labute approximate surface area is 165 Å². The molecule has 0 radical (unpaired) electrons. The number of hydrogen-bond donors (Lipinski definition) is 1. The fraction of sp³-hybridized carbons (Fsp3) is 0.263. The molecular formula is C19H19BrN6O. The Morgan fingerprint density at radius 3 is 2.78 bits per heavy atom. The minimum Gasteiger partial charge on any atom is -0.356 e. The Morgan fingerprint density at radius 1 is 1.19 bits per heavy atom. The predicted molar refractivity (Wildman–Crippen MR) is 107 cm³/mol. The Bertz CT molecular complexity index is 912. The SMILES string of the molecule is O=C(Nc1ccc(Br)cc1)C1CCCN(c2cc(-n3cccn3)ncn2)C1. The summed E-state index contributed by atoms with van der Waals surface area (Å²) in [5, 5.41) is 7.22. The van der Waals surface area contributed by atoms with Crippen LogP contribution in [-0.2, 0) is 4.79 Å². The first-order valence-corrected chi connectivity index (χ1v) is 9.62. The molecule has 0 saturated carbocycles. The number of halogens is 1. The number of hydrogen-bond acceptors (Lipinski definition) is 5. The highest BCUT2D eigenvalue weighted by Crippen LogP contribution is 2.24. The maximum Gasteiger partial charge on any atom is 0.229 e. The van der Waals surface area contributed by atoms with Crippen molar-refractivity contribution in [3.8, 4) is 5.82 Å². The molecule has 1 amide bonds. The smallest absolute Gasteiger partial charge is 0.229 e. The van der Waals surface area contributed by atoms with Crippen molar-refractivity contribution < 1.29 is 4.79 Å². The van der Waals surface area contributed by atoms with Crippen molar-refractivity contribution in [2.45, 2.75) is 12.8 Å². The molecule has 3 heterocycles. The van der Waals surface area contributed by atoms with Gasteiger partial charge in [-0.15, -0.1) is 0 Å². The highest BCUT2D eigenvalue weighted by atomic mass is 79.9. The molecular weight excluding hydrogens is 408 g/mol. The van der Waals surface area contributed by atoms with Gasteiger partial charge < -0.3 is 10.2 Å². The van der Waals surface area contributed by atoms with Gasteiger partial charge in [0, 0.05) is 41.7 Å². The van der Waals surface area contributed by atoms with Crippen molar-refractivity contribution in [1.82, 2.24) is 19.7 Å². The van der Waals surface area contributed by atoms with Crippen LogP contribution in [0.3, 0.4) is 0 Å². The number of rotatable bonds is 4. The lowest BCUT2D eigenvalue weighted by Gasteiger charge is -2.32. The molecule has 7 nitrogen and oxygen atoms in total. The van der Waals surface area contributed by atoms with Crippen LogP contribution in [0.2, 0.25) is 0 Å². The van der Waals surface area contributed by atoms with Gasteiger partial charge in [-0.2, -0.15) is 5.10 Å². The highest BCUT2D eigenvalue weighted by Gasteiger charge is 2.27. The topological polar surface area (TPSA) is 75.9 Å². The number of piperidine rings is 1. The maximum absolute atomic E-state index is 12.7. The van der Waals surface area contributed by atoms with Crippen molar-refractivity contribution in [2.75, 3.05) is 23.3 Å². The number of amides is 1. The normalized spacial score (nSPS) is 16.9. The Morgan fingerprint density at radius 2 is 2.00 bits per heavy atom. The van der Waals surface area contributed by atoms with Gasteiger partial charge in [0.2, 0.25) is 5.91 Å². The monoisotopic (exact) mass is 426 g/mol. The second kappa shape index (κ2) is 7.87. The van der Waals surface area contributed by atoms with Crippen molar-refractivity contribution in [3.63, 3.8) is 0 Å². The molecule has 1 saturated heterocycles. The molecule has 1 aromatic carbocycles. The van der Waals surface area contributed by atoms with Gasteiger partial charge in [0.25, 0.3) is 0 Å². The lowest BCUT2D eigenvalue weighted by Crippen LogP contribution is -2.41. The highest BCUT2D eigenvalue weighted by molar-refractivity contribution is 9.10. The maximum atomic E-state index is 12.7. The zero-order valence-corrected chi connectivity index (χ0v) is 16.2. The van der Waals surface area contributed by atoms with Crippen molar-refractivity contribution in [1.29, 1.82) is 0 Å². The van der Waals surface area contributed by atoms with Crippen molar-refractivity contribution in [3.05, 3.63) is 59.6 Å². The second-order valence-corrected chi connectivity index (χ2v) is 7.38. The van der Waals surface area contributed by atoms with E-state index in [1.54, 1.807) is 10.9 Å². The van der Waals surface area contributed by atoms with Gasteiger partial charge in [-0.3, -0.25) is 4.79 Å². The van der Waals surface area contributed by atoms with Crippen LogP contribution in [0.15, 0.2) is 59.6 Å². The summed E-state index contributed by atoms with van der Waals surface area (Å²) in [6.45, 7) is 1.51. The van der Waals surface area contributed by atoms with Crippen LogP contribution < -0.4 is 10.2 Å². The zero-order valence-electron chi connectivity index (χ0n) is 14.6. The van der Waals surface area contributed by atoms with E-state index in [2.05, 4.69) is 41.2 Å². The average molecular weight is 427 g/mol. The summed E-state index contributed by atoms with van der Waals surface area (Å²) in [4.78, 5) is 23.5. The van der Waals surface area contributed by atoms with E-state index in [1.807, 2.05) is 42.6 Å². The van der Waals surface area contributed by atoms with Crippen LogP contribution in [-0.4, -0.2) is 38.7 Å². The molecule has 0 bridgehead atoms. The molecule has 1 unspecified atom stereocenters. The standard InChI is InChI=1S/C19H19BrN6O/c20-15-4-6-16(7-5-15)24-19(27)14-3-1-9-25(12-14)17-11-18(22-13-21-17)26-10-2-8-23-26/h2,4-8,10-11,13-14H,1,3,9,12H2,(H,24,27). The number of nitrogens with one attached hydrogen (secondary N) is 1. The van der Waals surface area contributed by atoms with Crippen LogP contribution >= 0.6 is 15.9 Å². The number of carbonyl (C=O) groups excluding carboxylic acids is 1. The molecule has 0 spiro atoms. The fourth-order valence-corrected chi connectivity index (χ4v) is 3.48. The molecule has 1 fully saturated rings. The molecule has 2 aromatic heterocycles. The van der Waals surface area contributed by atoms with Gasteiger partial charge in [-0.25, -0.2) is 14.6 Å². The number of nitrogens with zero attached hydrogens (tertiary/aromatic N) is 5. The number of benzene rings is 1. The average Bonchev–Trinajstić information content (AvgIpc) is 3.25. The summed E-state index contributed by atoms with van der Waals surface area (Å²) < 4.78 is 2.69. The van der Waals surface area contributed by atoms with Gasteiger partial charge in [0.05, 0.1) is 5.92 Å². The van der Waals surface area contributed by atoms with Gasteiger partial charge >= 0.3 is 0 Å². The van der Waals surface area contributed by atoms with Crippen molar-refractivity contribution in [2.24, 2.45) is 5.92 Å². The molecule has 8 heteroatoms. The third kappa shape index (κ3) is 4.16. The quantitative estimate of drug-likeness (QED) is 0.692. The van der Waals surface area contributed by atoms with E-state index in [1.165, 1.54) is 6.33 Å². The Balaban J connectivity index is 1.45. The summed E-state index contributed by atoms with van der Waals surface area (Å²) in [5.41, 5.74) is 0.809. The van der Waals surface area contributed by atoms with Crippen LogP contribution in [0.1, 0.15) is 12.8 Å². The summed E-state index contributed by atoms with van der Waals surface area (Å²) in [6, 6.07) is 11.4. The first-order chi connectivity index (χ1) is 13.2. The van der Waals surface area contributed by atoms with Crippen LogP contribution in [0.5, 0.6) is 0 Å². The summed E-state index contributed by atoms with van der Waals surface area (Å²) in [7, 11) is 0. The van der Waals surface area contributed by atoms with Crippen LogP contribution in [0.4, 0.5) is 11.5 Å². The Kier molecular flexibility index (Phi) is 5.15. The van der Waals surface area contributed by atoms with Crippen LogP contribution in [0.25, 0.3) is 5.82 Å². The zero-order chi connectivity index (χ0) is 18.6. The first kappa shape index (κ1) is 17.7. The lowest BCUT2D eigenvalue weighted by molar-refractivity contribution is -0.120. The molecule has 1 N–H and O–H groups in total. The van der Waals surface area contributed by atoms with E-state index in [0.29, 0.717) is 12.4 Å². The summed E-state index contributed by atoms with van der Waals surface area (Å²) in [6.07, 6.45) is 6.91. The van der Waals surface area contributed by atoms with E-state index in [-0.39, 0.29) is 11.8 Å². The molecule has 27 heavy (non-hydrogen) atoms. The van der Waals surface area contributed by atoms with Crippen LogP contribution in [0, 0.1) is 5.92 Å². The first-order valence-electron chi connectivity index (χ1n) is 8.82. The van der Waals surface area contributed by atoms with E-state index in [4.69, 9.17) is 0 Å². The molecule has 138 valence electrons. The van der Waals surface area contributed by atoms with E-state index in [0.717, 1.165) is 35.4 Å². The summed E-state index contributed by atoms with van der Waals surface area (Å²) >= 11 is 3.40. The Hall–Kier alpha value is -2.74.